The highest BCUT2D eigenvalue weighted by Gasteiger charge is 2.29. The number of carbonyl (C=O) groups excluding carboxylic acids is 3. The molecule has 2 aromatic carbocycles. The first-order valence-electron chi connectivity index (χ1n) is 11.3. The molecule has 174 valence electrons. The molecular weight excluding hydrogens is 422 g/mol. The van der Waals surface area contributed by atoms with Crippen LogP contribution in [0.2, 0.25) is 0 Å². The highest BCUT2D eigenvalue weighted by molar-refractivity contribution is 6.02. The van der Waals surface area contributed by atoms with Gasteiger partial charge in [-0.1, -0.05) is 42.5 Å². The average Bonchev–Trinajstić information content (AvgIpc) is 3.36. The third kappa shape index (κ3) is 6.10. The Morgan fingerprint density at radius 3 is 2.67 bits per heavy atom. The van der Waals surface area contributed by atoms with Crippen molar-refractivity contribution >= 4 is 23.4 Å². The topological polar surface area (TPSA) is 88.2 Å². The van der Waals surface area contributed by atoms with E-state index in [2.05, 4.69) is 5.32 Å². The lowest BCUT2D eigenvalue weighted by Crippen LogP contribution is -2.49. The molecule has 0 bridgehead atoms. The number of hydrogen-bond donors (Lipinski definition) is 1. The Labute approximate surface area is 193 Å². The summed E-state index contributed by atoms with van der Waals surface area (Å²) in [5, 5.41) is 2.88. The Morgan fingerprint density at radius 2 is 1.88 bits per heavy atom. The number of nitrogens with one attached hydrogen (secondary N) is 1. The van der Waals surface area contributed by atoms with Gasteiger partial charge in [-0.3, -0.25) is 19.3 Å². The van der Waals surface area contributed by atoms with E-state index in [0.717, 1.165) is 25.0 Å². The largest absolute Gasteiger partial charge is 0.482 e. The first-order valence-corrected chi connectivity index (χ1v) is 11.3. The van der Waals surface area contributed by atoms with Crippen LogP contribution in [0.4, 0.5) is 5.69 Å². The Balaban J connectivity index is 1.42. The number of fused-ring (bicyclic) bond motifs is 1. The lowest BCUT2D eigenvalue weighted by molar-refractivity contribution is -0.136. The van der Waals surface area contributed by atoms with Crippen LogP contribution in [-0.4, -0.2) is 68.1 Å². The summed E-state index contributed by atoms with van der Waals surface area (Å²) in [6, 6.07) is 16.9. The Kier molecular flexibility index (Phi) is 7.57. The van der Waals surface area contributed by atoms with Crippen molar-refractivity contribution < 1.29 is 23.9 Å². The third-order valence-electron chi connectivity index (χ3n) is 5.85. The molecule has 4 rings (SSSR count). The highest BCUT2D eigenvalue weighted by Crippen LogP contribution is 2.31. The Hall–Kier alpha value is -3.39. The van der Waals surface area contributed by atoms with E-state index in [-0.39, 0.29) is 43.5 Å². The number of carbonyl (C=O) groups is 3. The molecule has 1 fully saturated rings. The zero-order valence-electron chi connectivity index (χ0n) is 18.6. The molecule has 1 saturated heterocycles. The summed E-state index contributed by atoms with van der Waals surface area (Å²) in [5.74, 6) is -0.244. The molecule has 3 amide bonds. The molecule has 8 nitrogen and oxygen atoms in total. The van der Waals surface area contributed by atoms with Gasteiger partial charge < -0.3 is 19.7 Å². The molecule has 0 aliphatic carbocycles. The summed E-state index contributed by atoms with van der Waals surface area (Å²) in [4.78, 5) is 41.3. The fourth-order valence-corrected chi connectivity index (χ4v) is 4.03. The fraction of sp³-hybridized carbons (Fsp3) is 0.400. The second-order valence-corrected chi connectivity index (χ2v) is 8.23. The molecular formula is C25H29N3O5. The molecule has 1 atom stereocenters. The first-order chi connectivity index (χ1) is 16.1. The van der Waals surface area contributed by atoms with E-state index in [1.807, 2.05) is 36.4 Å². The van der Waals surface area contributed by atoms with Gasteiger partial charge in [0.25, 0.3) is 5.91 Å². The summed E-state index contributed by atoms with van der Waals surface area (Å²) < 4.78 is 11.0. The number of para-hydroxylation sites is 2. The lowest BCUT2D eigenvalue weighted by atomic mass is 10.1. The summed E-state index contributed by atoms with van der Waals surface area (Å²) in [6.45, 7) is 1.20. The SMILES string of the molecule is O=C(CN(CCc1ccccc1)C(=O)CN1C(=O)COc2ccccc21)NC[C@@H]1CCCO1. The number of anilines is 1. The second-order valence-electron chi connectivity index (χ2n) is 8.23. The standard InChI is InChI=1S/C25H29N3O5/c29-23(26-15-20-9-6-14-32-20)16-27(13-12-19-7-2-1-3-8-19)24(30)17-28-21-10-4-5-11-22(21)33-18-25(28)31/h1-5,7-8,10-11,20H,6,9,12-18H2,(H,26,29)/t20-/m0/s1. The minimum Gasteiger partial charge on any atom is -0.482 e. The maximum atomic E-state index is 13.3. The molecule has 2 aromatic rings. The van der Waals surface area contributed by atoms with Crippen LogP contribution in [-0.2, 0) is 25.5 Å². The van der Waals surface area contributed by atoms with Crippen molar-refractivity contribution in [1.29, 1.82) is 0 Å². The number of hydrogen-bond acceptors (Lipinski definition) is 5. The monoisotopic (exact) mass is 451 g/mol. The second kappa shape index (κ2) is 11.0. The smallest absolute Gasteiger partial charge is 0.265 e. The molecule has 1 N–H and O–H groups in total. The normalized spacial score (nSPS) is 17.3. The summed E-state index contributed by atoms with van der Waals surface area (Å²) in [7, 11) is 0. The van der Waals surface area contributed by atoms with Crippen LogP contribution >= 0.6 is 0 Å². The van der Waals surface area contributed by atoms with Crippen molar-refractivity contribution in [3.63, 3.8) is 0 Å². The molecule has 33 heavy (non-hydrogen) atoms. The molecule has 2 aliphatic rings. The van der Waals surface area contributed by atoms with Gasteiger partial charge in [0, 0.05) is 19.7 Å². The quantitative estimate of drug-likeness (QED) is 0.628. The fourth-order valence-electron chi connectivity index (χ4n) is 4.03. The molecule has 0 radical (unpaired) electrons. The lowest BCUT2D eigenvalue weighted by Gasteiger charge is -2.31. The van der Waals surface area contributed by atoms with E-state index < -0.39 is 0 Å². The van der Waals surface area contributed by atoms with E-state index >= 15 is 0 Å². The van der Waals surface area contributed by atoms with Gasteiger partial charge in [-0.2, -0.15) is 0 Å². The van der Waals surface area contributed by atoms with Crippen molar-refractivity contribution in [2.45, 2.75) is 25.4 Å². The third-order valence-corrected chi connectivity index (χ3v) is 5.85. The van der Waals surface area contributed by atoms with Crippen molar-refractivity contribution in [2.75, 3.05) is 44.3 Å². The van der Waals surface area contributed by atoms with Gasteiger partial charge in [0.15, 0.2) is 6.61 Å². The molecule has 2 aliphatic heterocycles. The molecule has 0 aromatic heterocycles. The van der Waals surface area contributed by atoms with Gasteiger partial charge in [0.2, 0.25) is 11.8 Å². The Bertz CT molecular complexity index is 975. The minimum absolute atomic E-state index is 0.0323. The molecule has 0 spiro atoms. The van der Waals surface area contributed by atoms with Gasteiger partial charge >= 0.3 is 0 Å². The predicted octanol–water partition coefficient (Wildman–Crippen LogP) is 1.78. The van der Waals surface area contributed by atoms with Crippen LogP contribution in [0.25, 0.3) is 0 Å². The van der Waals surface area contributed by atoms with Crippen molar-refractivity contribution in [1.82, 2.24) is 10.2 Å². The molecule has 0 unspecified atom stereocenters. The molecule has 0 saturated carbocycles. The van der Waals surface area contributed by atoms with Crippen LogP contribution in [0, 0.1) is 0 Å². The molecule has 8 heteroatoms. The van der Waals surface area contributed by atoms with E-state index in [0.29, 0.717) is 30.9 Å². The number of rotatable bonds is 9. The van der Waals surface area contributed by atoms with Crippen LogP contribution in [0.3, 0.4) is 0 Å². The first kappa shape index (κ1) is 22.8. The van der Waals surface area contributed by atoms with Crippen molar-refractivity contribution in [2.24, 2.45) is 0 Å². The van der Waals surface area contributed by atoms with Crippen LogP contribution in [0.5, 0.6) is 5.75 Å². The predicted molar refractivity (Wildman–Crippen MR) is 123 cm³/mol. The summed E-state index contributed by atoms with van der Waals surface area (Å²) in [6.07, 6.45) is 2.57. The highest BCUT2D eigenvalue weighted by atomic mass is 16.5. The van der Waals surface area contributed by atoms with Crippen LogP contribution in [0.15, 0.2) is 54.6 Å². The maximum absolute atomic E-state index is 13.3. The number of benzene rings is 2. The van der Waals surface area contributed by atoms with Gasteiger partial charge in [0.1, 0.15) is 12.3 Å². The van der Waals surface area contributed by atoms with E-state index in [9.17, 15) is 14.4 Å². The van der Waals surface area contributed by atoms with E-state index in [1.165, 1.54) is 9.80 Å². The number of amides is 3. The number of ether oxygens (including phenoxy) is 2. The van der Waals surface area contributed by atoms with Gasteiger partial charge in [-0.25, -0.2) is 0 Å². The van der Waals surface area contributed by atoms with E-state index in [4.69, 9.17) is 9.47 Å². The summed E-state index contributed by atoms with van der Waals surface area (Å²) >= 11 is 0. The maximum Gasteiger partial charge on any atom is 0.265 e. The average molecular weight is 452 g/mol. The minimum atomic E-state index is -0.289. The van der Waals surface area contributed by atoms with Gasteiger partial charge in [-0.15, -0.1) is 0 Å². The zero-order chi connectivity index (χ0) is 23.0. The number of nitrogens with zero attached hydrogens (tertiary/aromatic N) is 2. The van der Waals surface area contributed by atoms with Gasteiger partial charge in [-0.05, 0) is 37.0 Å². The molecule has 2 heterocycles. The van der Waals surface area contributed by atoms with E-state index in [1.54, 1.807) is 18.2 Å². The Morgan fingerprint density at radius 1 is 1.09 bits per heavy atom. The van der Waals surface area contributed by atoms with Crippen molar-refractivity contribution in [3.8, 4) is 5.75 Å². The zero-order valence-corrected chi connectivity index (χ0v) is 18.6. The van der Waals surface area contributed by atoms with Crippen molar-refractivity contribution in [3.05, 3.63) is 60.2 Å². The van der Waals surface area contributed by atoms with Crippen LogP contribution in [0.1, 0.15) is 18.4 Å². The summed E-state index contributed by atoms with van der Waals surface area (Å²) in [5.41, 5.74) is 1.64. The van der Waals surface area contributed by atoms with Gasteiger partial charge in [0.05, 0.1) is 18.3 Å². The van der Waals surface area contributed by atoms with Crippen LogP contribution < -0.4 is 15.0 Å².